The number of carbonyl (C=O) groups is 1. The minimum Gasteiger partial charge on any atom is -0.350 e. The van der Waals surface area contributed by atoms with Gasteiger partial charge in [-0.25, -0.2) is 18.9 Å². The number of amides is 1. The van der Waals surface area contributed by atoms with E-state index in [0.29, 0.717) is 17.2 Å². The van der Waals surface area contributed by atoms with Gasteiger partial charge in [-0.3, -0.25) is 4.79 Å². The molecule has 0 aliphatic carbocycles. The second-order valence-corrected chi connectivity index (χ2v) is 8.35. The van der Waals surface area contributed by atoms with Gasteiger partial charge in [0.2, 0.25) is 5.91 Å². The first kappa shape index (κ1) is 19.4. The number of nitrogens with zero attached hydrogens (tertiary/aromatic N) is 4. The fraction of sp³-hybridized carbons (Fsp3) is 0.200. The maximum absolute atomic E-state index is 12.7. The molecule has 148 valence electrons. The predicted octanol–water partition coefficient (Wildman–Crippen LogP) is 2.98. The van der Waals surface area contributed by atoms with Crippen LogP contribution in [0.25, 0.3) is 5.65 Å². The normalized spacial score (nSPS) is 11.1. The van der Waals surface area contributed by atoms with E-state index >= 15 is 0 Å². The molecule has 0 aliphatic heterocycles. The lowest BCUT2D eigenvalue weighted by Crippen LogP contribution is -2.32. The Morgan fingerprint density at radius 3 is 2.90 bits per heavy atom. The van der Waals surface area contributed by atoms with Crippen LogP contribution in [0.2, 0.25) is 0 Å². The van der Waals surface area contributed by atoms with Crippen LogP contribution in [0.3, 0.4) is 0 Å². The van der Waals surface area contributed by atoms with E-state index in [2.05, 4.69) is 28.4 Å². The van der Waals surface area contributed by atoms with Crippen LogP contribution in [-0.2, 0) is 24.3 Å². The summed E-state index contributed by atoms with van der Waals surface area (Å²) in [6.45, 7) is 2.40. The first-order valence-corrected chi connectivity index (χ1v) is 10.8. The third kappa shape index (κ3) is 4.25. The van der Waals surface area contributed by atoms with Crippen molar-refractivity contribution in [2.45, 2.75) is 36.4 Å². The molecule has 0 bridgehead atoms. The van der Waals surface area contributed by atoms with Crippen molar-refractivity contribution in [3.63, 3.8) is 0 Å². The monoisotopic (exact) mass is 425 g/mol. The SMILES string of the molecule is CCc1ccccc1Sc1nccn2c(=O)n(CC(=O)NCc3cccs3)nc12. The average Bonchev–Trinajstić information content (AvgIpc) is 3.36. The topological polar surface area (TPSA) is 81.3 Å². The van der Waals surface area contributed by atoms with Crippen molar-refractivity contribution >= 4 is 34.7 Å². The third-order valence-corrected chi connectivity index (χ3v) is 6.34. The molecule has 1 amide bonds. The van der Waals surface area contributed by atoms with E-state index < -0.39 is 0 Å². The average molecular weight is 426 g/mol. The van der Waals surface area contributed by atoms with Gasteiger partial charge in [0.1, 0.15) is 11.6 Å². The van der Waals surface area contributed by atoms with Gasteiger partial charge >= 0.3 is 5.69 Å². The minimum absolute atomic E-state index is 0.137. The molecule has 1 aromatic carbocycles. The number of carbonyl (C=O) groups excluding carboxylic acids is 1. The number of rotatable bonds is 7. The number of hydrogen-bond donors (Lipinski definition) is 1. The van der Waals surface area contributed by atoms with Crippen LogP contribution in [-0.4, -0.2) is 25.1 Å². The van der Waals surface area contributed by atoms with Gasteiger partial charge in [-0.1, -0.05) is 43.0 Å². The van der Waals surface area contributed by atoms with Gasteiger partial charge in [0, 0.05) is 22.2 Å². The highest BCUT2D eigenvalue weighted by Crippen LogP contribution is 2.30. The maximum atomic E-state index is 12.7. The van der Waals surface area contributed by atoms with E-state index in [1.54, 1.807) is 23.7 Å². The summed E-state index contributed by atoms with van der Waals surface area (Å²) in [5.41, 5.74) is 1.29. The lowest BCUT2D eigenvalue weighted by Gasteiger charge is -2.06. The van der Waals surface area contributed by atoms with Crippen molar-refractivity contribution in [3.8, 4) is 0 Å². The van der Waals surface area contributed by atoms with E-state index in [-0.39, 0.29) is 18.1 Å². The molecule has 0 spiro atoms. The van der Waals surface area contributed by atoms with Crippen molar-refractivity contribution < 1.29 is 4.79 Å². The van der Waals surface area contributed by atoms with Gasteiger partial charge in [0.15, 0.2) is 5.65 Å². The van der Waals surface area contributed by atoms with E-state index in [1.807, 2.05) is 35.7 Å². The van der Waals surface area contributed by atoms with Crippen LogP contribution >= 0.6 is 23.1 Å². The van der Waals surface area contributed by atoms with Gasteiger partial charge < -0.3 is 5.32 Å². The van der Waals surface area contributed by atoms with Crippen molar-refractivity contribution in [1.29, 1.82) is 0 Å². The Morgan fingerprint density at radius 2 is 2.10 bits per heavy atom. The van der Waals surface area contributed by atoms with E-state index in [9.17, 15) is 9.59 Å². The zero-order chi connectivity index (χ0) is 20.2. The summed E-state index contributed by atoms with van der Waals surface area (Å²) in [6, 6.07) is 12.0. The number of thiophene rings is 1. The van der Waals surface area contributed by atoms with Crippen LogP contribution in [0.15, 0.2) is 68.9 Å². The first-order chi connectivity index (χ1) is 14.2. The highest BCUT2D eigenvalue weighted by Gasteiger charge is 2.15. The first-order valence-electron chi connectivity index (χ1n) is 9.14. The molecule has 7 nitrogen and oxygen atoms in total. The second kappa shape index (κ2) is 8.62. The standard InChI is InChI=1S/C20H19N5O2S2/c1-2-14-6-3-4-8-16(14)29-19-18-23-25(20(27)24(18)10-9-21-19)13-17(26)22-12-15-7-5-11-28-15/h3-11H,2,12-13H2,1H3,(H,22,26). The van der Waals surface area contributed by atoms with Gasteiger partial charge in [-0.15, -0.1) is 16.4 Å². The van der Waals surface area contributed by atoms with E-state index in [1.165, 1.54) is 26.4 Å². The molecule has 0 saturated heterocycles. The second-order valence-electron chi connectivity index (χ2n) is 6.29. The van der Waals surface area contributed by atoms with Crippen molar-refractivity contribution in [1.82, 2.24) is 24.5 Å². The zero-order valence-electron chi connectivity index (χ0n) is 15.7. The number of aryl methyl sites for hydroxylation is 1. The highest BCUT2D eigenvalue weighted by atomic mass is 32.2. The smallest absolute Gasteiger partial charge is 0.350 e. The predicted molar refractivity (Wildman–Crippen MR) is 113 cm³/mol. The fourth-order valence-corrected chi connectivity index (χ4v) is 4.58. The molecule has 0 fully saturated rings. The van der Waals surface area contributed by atoms with Crippen LogP contribution in [0, 0.1) is 0 Å². The third-order valence-electron chi connectivity index (χ3n) is 4.36. The molecule has 0 aliphatic rings. The number of hydrogen-bond acceptors (Lipinski definition) is 6. The van der Waals surface area contributed by atoms with Crippen LogP contribution in [0.1, 0.15) is 17.4 Å². The Balaban J connectivity index is 1.57. The quantitative estimate of drug-likeness (QED) is 0.492. The molecule has 0 unspecified atom stereocenters. The van der Waals surface area contributed by atoms with Gasteiger partial charge in [0.05, 0.1) is 6.54 Å². The maximum Gasteiger partial charge on any atom is 0.350 e. The van der Waals surface area contributed by atoms with Gasteiger partial charge in [-0.05, 0) is 29.5 Å². The minimum atomic E-state index is -0.362. The molecular formula is C20H19N5O2S2. The molecule has 4 rings (SSSR count). The Morgan fingerprint density at radius 1 is 1.24 bits per heavy atom. The number of nitrogens with one attached hydrogen (secondary N) is 1. The number of fused-ring (bicyclic) bond motifs is 1. The van der Waals surface area contributed by atoms with Crippen LogP contribution < -0.4 is 11.0 Å². The highest BCUT2D eigenvalue weighted by molar-refractivity contribution is 7.99. The molecule has 0 saturated carbocycles. The largest absolute Gasteiger partial charge is 0.350 e. The molecule has 29 heavy (non-hydrogen) atoms. The summed E-state index contributed by atoms with van der Waals surface area (Å²) in [4.78, 5) is 31.5. The van der Waals surface area contributed by atoms with Gasteiger partial charge in [-0.2, -0.15) is 0 Å². The summed E-state index contributed by atoms with van der Waals surface area (Å²) in [5, 5.41) is 9.77. The summed E-state index contributed by atoms with van der Waals surface area (Å²) in [6.07, 6.45) is 4.05. The molecule has 4 aromatic rings. The van der Waals surface area contributed by atoms with Crippen molar-refractivity contribution in [2.75, 3.05) is 0 Å². The Kier molecular flexibility index (Phi) is 5.77. The number of aromatic nitrogens is 4. The van der Waals surface area contributed by atoms with E-state index in [0.717, 1.165) is 16.2 Å². The van der Waals surface area contributed by atoms with E-state index in [4.69, 9.17) is 0 Å². The summed E-state index contributed by atoms with van der Waals surface area (Å²) < 4.78 is 2.60. The Labute approximate surface area is 175 Å². The molecule has 0 atom stereocenters. The summed E-state index contributed by atoms with van der Waals surface area (Å²) in [5.74, 6) is -0.262. The van der Waals surface area contributed by atoms with Crippen LogP contribution in [0.4, 0.5) is 0 Å². The molecule has 0 radical (unpaired) electrons. The van der Waals surface area contributed by atoms with Gasteiger partial charge in [0.25, 0.3) is 0 Å². The van der Waals surface area contributed by atoms with Crippen LogP contribution in [0.5, 0.6) is 0 Å². The summed E-state index contributed by atoms with van der Waals surface area (Å²) >= 11 is 3.04. The Hall–Kier alpha value is -2.91. The lowest BCUT2D eigenvalue weighted by atomic mass is 10.2. The lowest BCUT2D eigenvalue weighted by molar-refractivity contribution is -0.122. The molecule has 3 aromatic heterocycles. The molecule has 1 N–H and O–H groups in total. The zero-order valence-corrected chi connectivity index (χ0v) is 17.4. The molecular weight excluding hydrogens is 406 g/mol. The number of benzene rings is 1. The van der Waals surface area contributed by atoms with Crippen molar-refractivity contribution in [2.24, 2.45) is 0 Å². The Bertz CT molecular complexity index is 1200. The fourth-order valence-electron chi connectivity index (χ4n) is 2.89. The molecule has 9 heteroatoms. The molecule has 3 heterocycles. The van der Waals surface area contributed by atoms with Crippen molar-refractivity contribution in [3.05, 3.63) is 75.1 Å². The summed E-state index contributed by atoms with van der Waals surface area (Å²) in [7, 11) is 0.